The zero-order valence-corrected chi connectivity index (χ0v) is 25.4. The molecule has 3 N–H and O–H groups in total. The van der Waals surface area contributed by atoms with Crippen LogP contribution in [0, 0.1) is 0 Å². The van der Waals surface area contributed by atoms with E-state index in [2.05, 4.69) is 57.2 Å². The summed E-state index contributed by atoms with van der Waals surface area (Å²) in [6, 6.07) is 26.8. The molecule has 8 nitrogen and oxygen atoms in total. The Balaban J connectivity index is 1.10. The lowest BCUT2D eigenvalue weighted by molar-refractivity contribution is -0.137. The average Bonchev–Trinajstić information content (AvgIpc) is 3.59. The molecule has 0 aliphatic carbocycles. The number of fused-ring (bicyclic) bond motifs is 1. The molecular formula is C35H38ClN5O3. The van der Waals surface area contributed by atoms with Crippen LogP contribution >= 0.6 is 11.6 Å². The van der Waals surface area contributed by atoms with Gasteiger partial charge < -0.3 is 30.2 Å². The van der Waals surface area contributed by atoms with Crippen molar-refractivity contribution in [2.24, 2.45) is 0 Å². The maximum atomic E-state index is 14.0. The number of amides is 2. The monoisotopic (exact) mass is 611 g/mol. The van der Waals surface area contributed by atoms with Crippen LogP contribution in [0.3, 0.4) is 0 Å². The number of piperazine rings is 1. The Bertz CT molecular complexity index is 1550. The molecule has 4 aromatic rings. The number of carbonyl (C=O) groups is 2. The first kappa shape index (κ1) is 29.9. The van der Waals surface area contributed by atoms with Crippen molar-refractivity contribution in [2.75, 3.05) is 31.1 Å². The minimum absolute atomic E-state index is 0.0578. The van der Waals surface area contributed by atoms with Crippen LogP contribution in [0.25, 0.3) is 0 Å². The van der Waals surface area contributed by atoms with E-state index in [-0.39, 0.29) is 17.9 Å². The number of anilines is 1. The van der Waals surface area contributed by atoms with Crippen LogP contribution in [0.2, 0.25) is 5.02 Å². The zero-order chi connectivity index (χ0) is 30.3. The summed E-state index contributed by atoms with van der Waals surface area (Å²) in [4.78, 5) is 31.7. The third kappa shape index (κ3) is 7.33. The Morgan fingerprint density at radius 3 is 2.41 bits per heavy atom. The Labute approximate surface area is 263 Å². The molecular weight excluding hydrogens is 574 g/mol. The van der Waals surface area contributed by atoms with Crippen molar-refractivity contribution in [3.05, 3.63) is 124 Å². The molecule has 0 radical (unpaired) electrons. The lowest BCUT2D eigenvalue weighted by Crippen LogP contribution is -2.58. The summed E-state index contributed by atoms with van der Waals surface area (Å²) in [6.45, 7) is 4.58. The highest BCUT2D eigenvalue weighted by Crippen LogP contribution is 2.23. The largest absolute Gasteiger partial charge is 0.468 e. The molecule has 2 amide bonds. The van der Waals surface area contributed by atoms with E-state index in [1.165, 1.54) is 22.4 Å². The number of nitrogens with zero attached hydrogens (tertiary/aromatic N) is 2. The van der Waals surface area contributed by atoms with Gasteiger partial charge in [-0.05, 0) is 59.0 Å². The summed E-state index contributed by atoms with van der Waals surface area (Å²) >= 11 is 6.12. The van der Waals surface area contributed by atoms with Gasteiger partial charge in [-0.1, -0.05) is 66.2 Å². The Morgan fingerprint density at radius 1 is 0.886 bits per heavy atom. The van der Waals surface area contributed by atoms with Crippen molar-refractivity contribution in [3.8, 4) is 0 Å². The van der Waals surface area contributed by atoms with Crippen LogP contribution in [-0.2, 0) is 42.1 Å². The van der Waals surface area contributed by atoms with E-state index < -0.39 is 6.04 Å². The fourth-order valence-electron chi connectivity index (χ4n) is 6.06. The van der Waals surface area contributed by atoms with E-state index in [1.54, 1.807) is 6.26 Å². The lowest BCUT2D eigenvalue weighted by Gasteiger charge is -2.38. The molecule has 1 aromatic heterocycles. The molecule has 2 atom stereocenters. The van der Waals surface area contributed by atoms with Crippen LogP contribution in [0.1, 0.15) is 28.0 Å². The van der Waals surface area contributed by atoms with Crippen LogP contribution in [0.4, 0.5) is 5.69 Å². The standard InChI is InChI=1S/C35H38ClN5O3/c36-29-13-11-25(12-14-29)20-32(39-34(42)31-21-26-6-1-2-7-27(26)23-38-31)35(43)41-17-15-40(16-18-41)33-10-4-3-8-28(33)22-37-24-30-9-5-19-44-30/h1-14,19,31-32,37-38H,15-18,20-24H2,(H,39,42)/t31-,32-/m1/s1. The lowest BCUT2D eigenvalue weighted by atomic mass is 9.95. The quantitative estimate of drug-likeness (QED) is 0.248. The maximum Gasteiger partial charge on any atom is 0.245 e. The Hall–Kier alpha value is -4.11. The molecule has 0 bridgehead atoms. The van der Waals surface area contributed by atoms with E-state index >= 15 is 0 Å². The minimum Gasteiger partial charge on any atom is -0.468 e. The number of hydrogen-bond acceptors (Lipinski definition) is 6. The molecule has 0 spiro atoms. The van der Waals surface area contributed by atoms with Crippen LogP contribution < -0.4 is 20.9 Å². The number of rotatable bonds is 10. The summed E-state index contributed by atoms with van der Waals surface area (Å²) in [7, 11) is 0. The molecule has 2 aliphatic heterocycles. The van der Waals surface area contributed by atoms with E-state index in [0.717, 1.165) is 11.3 Å². The van der Waals surface area contributed by atoms with Crippen molar-refractivity contribution < 1.29 is 14.0 Å². The Morgan fingerprint density at radius 2 is 1.64 bits per heavy atom. The Kier molecular flexibility index (Phi) is 9.61. The van der Waals surface area contributed by atoms with Gasteiger partial charge in [0.2, 0.25) is 11.8 Å². The molecule has 228 valence electrons. The number of halogens is 1. The van der Waals surface area contributed by atoms with Crippen molar-refractivity contribution in [1.82, 2.24) is 20.9 Å². The maximum absolute atomic E-state index is 14.0. The van der Waals surface area contributed by atoms with Crippen LogP contribution in [0.15, 0.2) is 95.6 Å². The van der Waals surface area contributed by atoms with E-state index in [4.69, 9.17) is 16.0 Å². The number of hydrogen-bond donors (Lipinski definition) is 3. The summed E-state index contributed by atoms with van der Waals surface area (Å²) in [6.07, 6.45) is 2.68. The first-order valence-electron chi connectivity index (χ1n) is 15.2. The van der Waals surface area contributed by atoms with Gasteiger partial charge in [-0.2, -0.15) is 0 Å². The topological polar surface area (TPSA) is 89.9 Å². The molecule has 6 rings (SSSR count). The first-order chi connectivity index (χ1) is 21.5. The van der Waals surface area contributed by atoms with Gasteiger partial charge in [0.1, 0.15) is 11.8 Å². The highest BCUT2D eigenvalue weighted by Gasteiger charge is 2.32. The molecule has 2 aliphatic rings. The second kappa shape index (κ2) is 14.1. The molecule has 44 heavy (non-hydrogen) atoms. The number of nitrogens with one attached hydrogen (secondary N) is 3. The van der Waals surface area contributed by atoms with E-state index in [9.17, 15) is 9.59 Å². The molecule has 0 saturated carbocycles. The molecule has 3 heterocycles. The summed E-state index contributed by atoms with van der Waals surface area (Å²) in [5.41, 5.74) is 5.69. The first-order valence-corrected chi connectivity index (χ1v) is 15.6. The molecule has 9 heteroatoms. The van der Waals surface area contributed by atoms with Gasteiger partial charge >= 0.3 is 0 Å². The number of benzene rings is 3. The SMILES string of the molecule is O=C(N[C@H](Cc1ccc(Cl)cc1)C(=O)N1CCN(c2ccccc2CNCc2ccco2)CC1)[C@H]1Cc2ccccc2CN1. The van der Waals surface area contributed by atoms with Crippen molar-refractivity contribution in [3.63, 3.8) is 0 Å². The smallest absolute Gasteiger partial charge is 0.245 e. The number of furan rings is 1. The van der Waals surface area contributed by atoms with Gasteiger partial charge in [-0.3, -0.25) is 9.59 Å². The normalized spacial score (nSPS) is 17.2. The van der Waals surface area contributed by atoms with Crippen LogP contribution in [0.5, 0.6) is 0 Å². The van der Waals surface area contributed by atoms with Gasteiger partial charge in [0, 0.05) is 56.4 Å². The number of para-hydroxylation sites is 1. The van der Waals surface area contributed by atoms with Gasteiger partial charge in [-0.25, -0.2) is 0 Å². The summed E-state index contributed by atoms with van der Waals surface area (Å²) < 4.78 is 5.44. The third-order valence-electron chi connectivity index (χ3n) is 8.48. The van der Waals surface area contributed by atoms with Crippen molar-refractivity contribution >= 4 is 29.1 Å². The second-order valence-corrected chi connectivity index (χ2v) is 11.9. The summed E-state index contributed by atoms with van der Waals surface area (Å²) in [5.74, 6) is 0.693. The highest BCUT2D eigenvalue weighted by atomic mass is 35.5. The van der Waals surface area contributed by atoms with Gasteiger partial charge in [0.25, 0.3) is 0 Å². The van der Waals surface area contributed by atoms with Crippen molar-refractivity contribution in [2.45, 2.75) is 44.6 Å². The van der Waals surface area contributed by atoms with Crippen LogP contribution in [-0.4, -0.2) is 55.0 Å². The fourth-order valence-corrected chi connectivity index (χ4v) is 6.18. The second-order valence-electron chi connectivity index (χ2n) is 11.4. The average molecular weight is 612 g/mol. The van der Waals surface area contributed by atoms with Gasteiger partial charge in [-0.15, -0.1) is 0 Å². The van der Waals surface area contributed by atoms with E-state index in [1.807, 2.05) is 53.4 Å². The van der Waals surface area contributed by atoms with Crippen molar-refractivity contribution in [1.29, 1.82) is 0 Å². The predicted octanol–water partition coefficient (Wildman–Crippen LogP) is 4.31. The van der Waals surface area contributed by atoms with Gasteiger partial charge in [0.15, 0.2) is 0 Å². The number of carbonyl (C=O) groups excluding carboxylic acids is 2. The fraction of sp³-hybridized carbons (Fsp3) is 0.314. The molecule has 0 unspecified atom stereocenters. The molecule has 3 aromatic carbocycles. The summed E-state index contributed by atoms with van der Waals surface area (Å²) in [5, 5.41) is 10.6. The zero-order valence-electron chi connectivity index (χ0n) is 24.7. The third-order valence-corrected chi connectivity index (χ3v) is 8.74. The predicted molar refractivity (Wildman–Crippen MR) is 172 cm³/mol. The molecule has 1 saturated heterocycles. The minimum atomic E-state index is -0.674. The van der Waals surface area contributed by atoms with E-state index in [0.29, 0.717) is 63.7 Å². The van der Waals surface area contributed by atoms with Gasteiger partial charge in [0.05, 0.1) is 18.8 Å². The highest BCUT2D eigenvalue weighted by molar-refractivity contribution is 6.30. The molecule has 1 fully saturated rings.